The minimum absolute atomic E-state index is 0.0627. The predicted molar refractivity (Wildman–Crippen MR) is 39.4 cm³/mol. The van der Waals surface area contributed by atoms with E-state index in [1.54, 1.807) is 6.26 Å². The third-order valence-corrected chi connectivity index (χ3v) is 2.41. The van der Waals surface area contributed by atoms with Crippen LogP contribution in [0.2, 0.25) is 0 Å². The molecule has 10 heavy (non-hydrogen) atoms. The van der Waals surface area contributed by atoms with E-state index in [0.717, 1.165) is 0 Å². The monoisotopic (exact) mass is 159 g/mol. The molecule has 56 valence electrons. The van der Waals surface area contributed by atoms with Crippen LogP contribution in [0.5, 0.6) is 0 Å². The molecular weight excluding hydrogens is 150 g/mol. The van der Waals surface area contributed by atoms with Crippen LogP contribution in [0.4, 0.5) is 0 Å². The average molecular weight is 159 g/mol. The van der Waals surface area contributed by atoms with Crippen LogP contribution in [0, 0.1) is 0 Å². The largest absolute Gasteiger partial charge is 0.298 e. The summed E-state index contributed by atoms with van der Waals surface area (Å²) in [7, 11) is 0. The van der Waals surface area contributed by atoms with Crippen LogP contribution in [0.15, 0.2) is 0 Å². The number of nitrogens with zero attached hydrogens (tertiary/aromatic N) is 1. The number of hydrogen-bond donors (Lipinski definition) is 0. The van der Waals surface area contributed by atoms with Crippen LogP contribution in [0.1, 0.15) is 13.3 Å². The molecular formula is C6H9NO2S. The summed E-state index contributed by atoms with van der Waals surface area (Å²) in [5.74, 6) is 0.140. The van der Waals surface area contributed by atoms with Crippen LogP contribution < -0.4 is 0 Å². The molecule has 0 saturated carbocycles. The Hall–Kier alpha value is -0.510. The molecule has 4 heteroatoms. The van der Waals surface area contributed by atoms with Gasteiger partial charge in [0.15, 0.2) is 5.78 Å². The summed E-state index contributed by atoms with van der Waals surface area (Å²) in [6, 6.07) is -0.150. The number of rotatable bonds is 2. The first kappa shape index (κ1) is 7.60. The van der Waals surface area contributed by atoms with Crippen molar-refractivity contribution in [2.75, 3.05) is 6.26 Å². The van der Waals surface area contributed by atoms with Gasteiger partial charge in [-0.15, -0.1) is 0 Å². The molecule has 0 unspecified atom stereocenters. The lowest BCUT2D eigenvalue weighted by Gasteiger charge is -2.36. The maximum atomic E-state index is 10.7. The summed E-state index contributed by atoms with van der Waals surface area (Å²) in [5, 5.41) is 0. The van der Waals surface area contributed by atoms with Crippen molar-refractivity contribution in [2.45, 2.75) is 19.4 Å². The Labute approximate surface area is 63.9 Å². The van der Waals surface area contributed by atoms with E-state index in [-0.39, 0.29) is 17.7 Å². The third-order valence-electron chi connectivity index (χ3n) is 1.56. The fourth-order valence-corrected chi connectivity index (χ4v) is 1.69. The van der Waals surface area contributed by atoms with Crippen molar-refractivity contribution in [3.05, 3.63) is 0 Å². The number of ketones is 1. The molecule has 0 aromatic rings. The van der Waals surface area contributed by atoms with Gasteiger partial charge in [0.05, 0.1) is 6.42 Å². The molecule has 0 N–H and O–H groups in total. The molecule has 1 rings (SSSR count). The third kappa shape index (κ3) is 1.03. The van der Waals surface area contributed by atoms with E-state index in [9.17, 15) is 9.59 Å². The first-order valence-corrected chi connectivity index (χ1v) is 4.21. The lowest BCUT2D eigenvalue weighted by molar-refractivity contribution is -0.143. The van der Waals surface area contributed by atoms with Gasteiger partial charge in [-0.05, 0) is 6.92 Å². The molecule has 1 saturated heterocycles. The summed E-state index contributed by atoms with van der Waals surface area (Å²) in [6.45, 7) is 1.51. The number of β-lactam (4-membered cyclic amide) rings is 1. The standard InChI is InChI=1S/C6H9NO2S/c1-4(8)5-3-6(9)7(5)10-2/h5H,3H2,1-2H3/t5-/m1/s1. The zero-order valence-corrected chi connectivity index (χ0v) is 6.77. The van der Waals surface area contributed by atoms with E-state index in [0.29, 0.717) is 6.42 Å². The number of amides is 1. The molecule has 1 heterocycles. The number of carbonyl (C=O) groups excluding carboxylic acids is 2. The Morgan fingerprint density at radius 2 is 2.40 bits per heavy atom. The normalized spacial score (nSPS) is 24.4. The van der Waals surface area contributed by atoms with Crippen LogP contribution in [0.3, 0.4) is 0 Å². The zero-order valence-electron chi connectivity index (χ0n) is 5.96. The first-order valence-electron chi connectivity index (χ1n) is 3.03. The second-order valence-corrected chi connectivity index (χ2v) is 2.99. The number of hydrogen-bond acceptors (Lipinski definition) is 3. The Bertz CT molecular complexity index is 173. The topological polar surface area (TPSA) is 37.4 Å². The molecule has 1 aliphatic heterocycles. The van der Waals surface area contributed by atoms with E-state index in [2.05, 4.69) is 0 Å². The van der Waals surface area contributed by atoms with E-state index < -0.39 is 0 Å². The molecule has 0 aliphatic carbocycles. The van der Waals surface area contributed by atoms with E-state index in [1.165, 1.54) is 23.2 Å². The molecule has 0 aromatic heterocycles. The van der Waals surface area contributed by atoms with Crippen LogP contribution >= 0.6 is 11.9 Å². The van der Waals surface area contributed by atoms with E-state index in [1.807, 2.05) is 0 Å². The van der Waals surface area contributed by atoms with Gasteiger partial charge < -0.3 is 0 Å². The van der Waals surface area contributed by atoms with Gasteiger partial charge in [-0.1, -0.05) is 11.9 Å². The van der Waals surface area contributed by atoms with Crippen molar-refractivity contribution >= 4 is 23.6 Å². The van der Waals surface area contributed by atoms with Crippen LogP contribution in [-0.4, -0.2) is 28.3 Å². The van der Waals surface area contributed by atoms with Gasteiger partial charge >= 0.3 is 0 Å². The molecule has 1 aliphatic rings. The van der Waals surface area contributed by atoms with Crippen LogP contribution in [0.25, 0.3) is 0 Å². The quantitative estimate of drug-likeness (QED) is 0.434. The van der Waals surface area contributed by atoms with Crippen LogP contribution in [-0.2, 0) is 9.59 Å². The van der Waals surface area contributed by atoms with Crippen molar-refractivity contribution in [3.8, 4) is 0 Å². The number of carbonyl (C=O) groups is 2. The average Bonchev–Trinajstić information content (AvgIpc) is 1.83. The molecule has 0 bridgehead atoms. The smallest absolute Gasteiger partial charge is 0.235 e. The fraction of sp³-hybridized carbons (Fsp3) is 0.667. The molecule has 1 fully saturated rings. The highest BCUT2D eigenvalue weighted by atomic mass is 32.2. The minimum Gasteiger partial charge on any atom is -0.298 e. The first-order chi connectivity index (χ1) is 4.66. The Morgan fingerprint density at radius 3 is 2.60 bits per heavy atom. The molecule has 1 atom stereocenters. The van der Waals surface area contributed by atoms with Crippen molar-refractivity contribution in [1.82, 2.24) is 4.31 Å². The lowest BCUT2D eigenvalue weighted by Crippen LogP contribution is -2.51. The summed E-state index contributed by atoms with van der Waals surface area (Å²) in [4.78, 5) is 21.5. The van der Waals surface area contributed by atoms with Gasteiger partial charge in [0, 0.05) is 6.26 Å². The lowest BCUT2D eigenvalue weighted by atomic mass is 10.0. The second kappa shape index (κ2) is 2.62. The molecule has 3 nitrogen and oxygen atoms in total. The van der Waals surface area contributed by atoms with E-state index in [4.69, 9.17) is 0 Å². The Balaban J connectivity index is 2.53. The summed E-state index contributed by atoms with van der Waals surface area (Å²) >= 11 is 1.32. The minimum atomic E-state index is -0.150. The van der Waals surface area contributed by atoms with Crippen molar-refractivity contribution in [3.63, 3.8) is 0 Å². The Kier molecular flexibility index (Phi) is 1.99. The fourth-order valence-electron chi connectivity index (χ4n) is 0.938. The van der Waals surface area contributed by atoms with Crippen molar-refractivity contribution < 1.29 is 9.59 Å². The van der Waals surface area contributed by atoms with Gasteiger partial charge in [-0.2, -0.15) is 0 Å². The van der Waals surface area contributed by atoms with Gasteiger partial charge in [0.25, 0.3) is 0 Å². The molecule has 0 spiro atoms. The second-order valence-electron chi connectivity index (χ2n) is 2.23. The summed E-state index contributed by atoms with van der Waals surface area (Å²) in [6.07, 6.45) is 2.20. The molecule has 0 aromatic carbocycles. The van der Waals surface area contributed by atoms with Gasteiger partial charge in [0.1, 0.15) is 6.04 Å². The van der Waals surface area contributed by atoms with Gasteiger partial charge in [-0.25, -0.2) is 0 Å². The van der Waals surface area contributed by atoms with Crippen molar-refractivity contribution in [1.29, 1.82) is 0 Å². The van der Waals surface area contributed by atoms with Gasteiger partial charge in [-0.3, -0.25) is 13.9 Å². The van der Waals surface area contributed by atoms with Crippen molar-refractivity contribution in [2.24, 2.45) is 0 Å². The SMILES string of the molecule is CSN1C(=O)C[C@@H]1C(C)=O. The predicted octanol–water partition coefficient (Wildman–Crippen LogP) is 0.454. The number of Topliss-reactive ketones (excluding diaryl/α,β-unsaturated/α-hetero) is 1. The zero-order chi connectivity index (χ0) is 7.72. The highest BCUT2D eigenvalue weighted by molar-refractivity contribution is 7.96. The maximum Gasteiger partial charge on any atom is 0.235 e. The molecule has 0 radical (unpaired) electrons. The molecule has 1 amide bonds. The maximum absolute atomic E-state index is 10.7. The highest BCUT2D eigenvalue weighted by Gasteiger charge is 2.38. The Morgan fingerprint density at radius 1 is 1.80 bits per heavy atom. The van der Waals surface area contributed by atoms with E-state index >= 15 is 0 Å². The highest BCUT2D eigenvalue weighted by Crippen LogP contribution is 2.26. The van der Waals surface area contributed by atoms with Gasteiger partial charge in [0.2, 0.25) is 5.91 Å². The summed E-state index contributed by atoms with van der Waals surface area (Å²) < 4.78 is 1.52. The summed E-state index contributed by atoms with van der Waals surface area (Å²) in [5.41, 5.74) is 0.